The highest BCUT2D eigenvalue weighted by molar-refractivity contribution is 6.35. The highest BCUT2D eigenvalue weighted by Gasteiger charge is 2.24. The van der Waals surface area contributed by atoms with Crippen molar-refractivity contribution in [1.82, 2.24) is 0 Å². The zero-order valence-electron chi connectivity index (χ0n) is 11.5. The predicted molar refractivity (Wildman–Crippen MR) is 83.9 cm³/mol. The van der Waals surface area contributed by atoms with E-state index in [1.54, 1.807) is 24.5 Å². The molecule has 0 saturated heterocycles. The van der Waals surface area contributed by atoms with Crippen molar-refractivity contribution in [1.29, 1.82) is 5.26 Å². The third kappa shape index (κ3) is 1.80. The van der Waals surface area contributed by atoms with Crippen molar-refractivity contribution in [3.63, 3.8) is 0 Å². The number of para-hydroxylation sites is 1. The molecule has 1 aliphatic heterocycles. The van der Waals surface area contributed by atoms with Crippen molar-refractivity contribution in [2.24, 2.45) is 0 Å². The molecule has 104 valence electrons. The summed E-state index contributed by atoms with van der Waals surface area (Å²) in [6.07, 6.45) is 3.46. The first kappa shape index (κ1) is 12.4. The number of rotatable bonds is 1. The first-order chi connectivity index (χ1) is 10.8. The van der Waals surface area contributed by atoms with Gasteiger partial charge < -0.3 is 9.73 Å². The molecule has 0 aliphatic carbocycles. The number of hydrogen-bond acceptors (Lipinski definition) is 3. The van der Waals surface area contributed by atoms with Crippen LogP contribution in [-0.4, -0.2) is 5.91 Å². The molecule has 4 nitrogen and oxygen atoms in total. The standard InChI is InChI=1S/C18H10N2O2/c19-9-11-5-6-14-15(18(21)20-16(14)7-11)8-12-10-22-17-4-2-1-3-13(12)17/h1-8,10H,(H,20,21)/b15-8+. The van der Waals surface area contributed by atoms with E-state index in [9.17, 15) is 4.79 Å². The topological polar surface area (TPSA) is 66.0 Å². The van der Waals surface area contributed by atoms with Crippen LogP contribution >= 0.6 is 0 Å². The fraction of sp³-hybridized carbons (Fsp3) is 0. The van der Waals surface area contributed by atoms with Gasteiger partial charge in [0.2, 0.25) is 0 Å². The summed E-state index contributed by atoms with van der Waals surface area (Å²) in [7, 11) is 0. The van der Waals surface area contributed by atoms with Crippen molar-refractivity contribution >= 4 is 34.2 Å². The SMILES string of the molecule is N#Cc1ccc2c(c1)NC(=O)/C2=C/c1coc2ccccc12. The first-order valence-corrected chi connectivity index (χ1v) is 6.80. The number of fused-ring (bicyclic) bond motifs is 2. The maximum atomic E-state index is 12.2. The Labute approximate surface area is 126 Å². The third-order valence-corrected chi connectivity index (χ3v) is 3.74. The second-order valence-corrected chi connectivity index (χ2v) is 5.07. The average Bonchev–Trinajstić information content (AvgIpc) is 3.09. The minimum Gasteiger partial charge on any atom is -0.464 e. The van der Waals surface area contributed by atoms with Gasteiger partial charge in [0.15, 0.2) is 0 Å². The van der Waals surface area contributed by atoms with Crippen LogP contribution in [0.1, 0.15) is 16.7 Å². The molecule has 2 aromatic carbocycles. The number of nitriles is 1. The summed E-state index contributed by atoms with van der Waals surface area (Å²) >= 11 is 0. The highest BCUT2D eigenvalue weighted by Crippen LogP contribution is 2.35. The number of furan rings is 1. The van der Waals surface area contributed by atoms with E-state index in [1.807, 2.05) is 30.3 Å². The Morgan fingerprint density at radius 2 is 2.05 bits per heavy atom. The fourth-order valence-corrected chi connectivity index (χ4v) is 2.67. The number of carbonyl (C=O) groups excluding carboxylic acids is 1. The van der Waals surface area contributed by atoms with Crippen molar-refractivity contribution < 1.29 is 9.21 Å². The number of nitrogens with one attached hydrogen (secondary N) is 1. The highest BCUT2D eigenvalue weighted by atomic mass is 16.3. The molecular formula is C18H10N2O2. The van der Waals surface area contributed by atoms with Gasteiger partial charge in [-0.05, 0) is 24.3 Å². The summed E-state index contributed by atoms with van der Waals surface area (Å²) in [5, 5.41) is 12.7. The fourth-order valence-electron chi connectivity index (χ4n) is 2.67. The van der Waals surface area contributed by atoms with Gasteiger partial charge in [0.1, 0.15) is 5.58 Å². The van der Waals surface area contributed by atoms with Crippen molar-refractivity contribution in [3.8, 4) is 6.07 Å². The van der Waals surface area contributed by atoms with Gasteiger partial charge in [0.25, 0.3) is 5.91 Å². The Morgan fingerprint density at radius 3 is 2.91 bits per heavy atom. The number of carbonyl (C=O) groups is 1. The number of anilines is 1. The van der Waals surface area contributed by atoms with Crippen LogP contribution < -0.4 is 5.32 Å². The number of benzene rings is 2. The summed E-state index contributed by atoms with van der Waals surface area (Å²) in [4.78, 5) is 12.2. The van der Waals surface area contributed by atoms with Crippen molar-refractivity contribution in [3.05, 3.63) is 65.4 Å². The molecular weight excluding hydrogens is 276 g/mol. The second kappa shape index (κ2) is 4.61. The van der Waals surface area contributed by atoms with Crippen LogP contribution in [0.3, 0.4) is 0 Å². The summed E-state index contributed by atoms with van der Waals surface area (Å²) < 4.78 is 5.50. The molecule has 0 saturated carbocycles. The minimum absolute atomic E-state index is 0.171. The Balaban J connectivity index is 1.87. The van der Waals surface area contributed by atoms with Crippen molar-refractivity contribution in [2.45, 2.75) is 0 Å². The Hall–Kier alpha value is -3.32. The first-order valence-electron chi connectivity index (χ1n) is 6.80. The van der Waals surface area contributed by atoms with E-state index in [1.165, 1.54) is 0 Å². The Kier molecular flexibility index (Phi) is 2.60. The molecule has 0 fully saturated rings. The molecule has 4 rings (SSSR count). The van der Waals surface area contributed by atoms with Gasteiger partial charge in [-0.25, -0.2) is 0 Å². The lowest BCUT2D eigenvalue weighted by Crippen LogP contribution is -2.03. The van der Waals surface area contributed by atoms with Crippen LogP contribution in [0.5, 0.6) is 0 Å². The lowest BCUT2D eigenvalue weighted by molar-refractivity contribution is -0.110. The van der Waals surface area contributed by atoms with Crippen LogP contribution in [0.2, 0.25) is 0 Å². The normalized spacial score (nSPS) is 14.9. The summed E-state index contributed by atoms with van der Waals surface area (Å²) in [5.41, 5.74) is 4.21. The van der Waals surface area contributed by atoms with Crippen LogP contribution in [0, 0.1) is 11.3 Å². The van der Waals surface area contributed by atoms with E-state index >= 15 is 0 Å². The van der Waals surface area contributed by atoms with Gasteiger partial charge in [-0.2, -0.15) is 5.26 Å². The van der Waals surface area contributed by atoms with Crippen LogP contribution in [0.4, 0.5) is 5.69 Å². The lowest BCUT2D eigenvalue weighted by atomic mass is 10.0. The van der Waals surface area contributed by atoms with Gasteiger partial charge in [0.05, 0.1) is 23.6 Å². The largest absolute Gasteiger partial charge is 0.464 e. The molecule has 1 aliphatic rings. The van der Waals surface area contributed by atoms with E-state index in [0.717, 1.165) is 22.1 Å². The molecule has 4 heteroatoms. The van der Waals surface area contributed by atoms with Gasteiger partial charge in [-0.1, -0.05) is 24.3 Å². The molecule has 3 aromatic rings. The van der Waals surface area contributed by atoms with Gasteiger partial charge in [-0.15, -0.1) is 0 Å². The second-order valence-electron chi connectivity index (χ2n) is 5.07. The van der Waals surface area contributed by atoms with Gasteiger partial charge in [0, 0.05) is 22.1 Å². The van der Waals surface area contributed by atoms with E-state index < -0.39 is 0 Å². The monoisotopic (exact) mass is 286 g/mol. The molecule has 0 unspecified atom stereocenters. The van der Waals surface area contributed by atoms with Crippen LogP contribution in [-0.2, 0) is 4.79 Å². The van der Waals surface area contributed by atoms with E-state index in [2.05, 4.69) is 11.4 Å². The average molecular weight is 286 g/mol. The molecule has 0 atom stereocenters. The molecule has 1 aromatic heterocycles. The van der Waals surface area contributed by atoms with Gasteiger partial charge >= 0.3 is 0 Å². The minimum atomic E-state index is -0.171. The zero-order valence-corrected chi connectivity index (χ0v) is 11.5. The number of amides is 1. The summed E-state index contributed by atoms with van der Waals surface area (Å²) in [5.74, 6) is -0.171. The molecule has 0 spiro atoms. The molecule has 2 heterocycles. The maximum absolute atomic E-state index is 12.2. The van der Waals surface area contributed by atoms with Crippen molar-refractivity contribution in [2.75, 3.05) is 5.32 Å². The predicted octanol–water partition coefficient (Wildman–Crippen LogP) is 3.80. The molecule has 0 bridgehead atoms. The number of nitrogens with zero attached hydrogens (tertiary/aromatic N) is 1. The third-order valence-electron chi connectivity index (χ3n) is 3.74. The molecule has 0 radical (unpaired) electrons. The van der Waals surface area contributed by atoms with E-state index in [-0.39, 0.29) is 5.91 Å². The van der Waals surface area contributed by atoms with Crippen LogP contribution in [0.15, 0.2) is 53.1 Å². The zero-order chi connectivity index (χ0) is 15.1. The number of hydrogen-bond donors (Lipinski definition) is 1. The van der Waals surface area contributed by atoms with E-state index in [4.69, 9.17) is 9.68 Å². The smallest absolute Gasteiger partial charge is 0.256 e. The molecule has 22 heavy (non-hydrogen) atoms. The Bertz CT molecular complexity index is 990. The van der Waals surface area contributed by atoms with E-state index in [0.29, 0.717) is 16.8 Å². The Morgan fingerprint density at radius 1 is 1.18 bits per heavy atom. The van der Waals surface area contributed by atoms with Crippen LogP contribution in [0.25, 0.3) is 22.6 Å². The maximum Gasteiger partial charge on any atom is 0.256 e. The summed E-state index contributed by atoms with van der Waals surface area (Å²) in [6, 6.07) is 14.9. The summed E-state index contributed by atoms with van der Waals surface area (Å²) in [6.45, 7) is 0. The lowest BCUT2D eigenvalue weighted by Gasteiger charge is -1.98. The van der Waals surface area contributed by atoms with Gasteiger partial charge in [-0.3, -0.25) is 4.79 Å². The molecule has 1 N–H and O–H groups in total. The quantitative estimate of drug-likeness (QED) is 0.692. The molecule has 1 amide bonds.